The molecule has 1 aliphatic rings. The van der Waals surface area contributed by atoms with Crippen LogP contribution in [0, 0.1) is 0 Å². The summed E-state index contributed by atoms with van der Waals surface area (Å²) in [5, 5.41) is 3.64. The number of nitrogens with zero attached hydrogens (tertiary/aromatic N) is 2. The first-order valence-electron chi connectivity index (χ1n) is 9.37. The van der Waals surface area contributed by atoms with Crippen LogP contribution in [0.4, 0.5) is 0 Å². The van der Waals surface area contributed by atoms with Crippen molar-refractivity contribution in [1.82, 2.24) is 14.8 Å². The normalized spacial score (nSPS) is 16.2. The van der Waals surface area contributed by atoms with E-state index in [-0.39, 0.29) is 11.6 Å². The minimum Gasteiger partial charge on any atom is -0.422 e. The fourth-order valence-corrected chi connectivity index (χ4v) is 3.64. The van der Waals surface area contributed by atoms with Crippen LogP contribution in [0.25, 0.3) is 11.0 Å². The first-order valence-corrected chi connectivity index (χ1v) is 9.37. The molecule has 1 fully saturated rings. The molecule has 0 saturated carbocycles. The number of fused-ring (bicyclic) bond motifs is 1. The quantitative estimate of drug-likeness (QED) is 0.684. The average molecular weight is 381 g/mol. The van der Waals surface area contributed by atoms with Crippen LogP contribution >= 0.6 is 0 Å². The summed E-state index contributed by atoms with van der Waals surface area (Å²) in [5.41, 5.74) is 0.969. The van der Waals surface area contributed by atoms with E-state index in [1.165, 1.54) is 0 Å². The number of hydrogen-bond acceptors (Lipinski definition) is 5. The molecule has 146 valence electrons. The number of amides is 1. The molecule has 3 heterocycles. The smallest absolute Gasteiger partial charge is 0.349 e. The molecule has 2 aromatic heterocycles. The number of para-hydroxylation sites is 1. The van der Waals surface area contributed by atoms with Gasteiger partial charge in [0.05, 0.1) is 19.3 Å². The third-order valence-corrected chi connectivity index (χ3v) is 5.15. The second-order valence-corrected chi connectivity index (χ2v) is 6.90. The Morgan fingerprint density at radius 3 is 2.71 bits per heavy atom. The number of aryl methyl sites for hydroxylation is 1. The average Bonchev–Trinajstić information content (AvgIpc) is 3.14. The molecule has 7 heteroatoms. The van der Waals surface area contributed by atoms with Gasteiger partial charge in [0.1, 0.15) is 11.1 Å². The molecule has 1 N–H and O–H groups in total. The van der Waals surface area contributed by atoms with Crippen LogP contribution in [-0.2, 0) is 11.8 Å². The van der Waals surface area contributed by atoms with Gasteiger partial charge >= 0.3 is 5.63 Å². The predicted molar refractivity (Wildman–Crippen MR) is 105 cm³/mol. The van der Waals surface area contributed by atoms with E-state index in [9.17, 15) is 9.59 Å². The summed E-state index contributed by atoms with van der Waals surface area (Å²) in [6.07, 6.45) is 1.99. The van der Waals surface area contributed by atoms with E-state index in [0.29, 0.717) is 25.3 Å². The van der Waals surface area contributed by atoms with E-state index in [4.69, 9.17) is 9.15 Å². The minimum atomic E-state index is -0.627. The number of rotatable bonds is 5. The maximum Gasteiger partial charge on any atom is 0.349 e. The highest BCUT2D eigenvalue weighted by atomic mass is 16.5. The van der Waals surface area contributed by atoms with Gasteiger partial charge in [-0.2, -0.15) is 0 Å². The predicted octanol–water partition coefficient (Wildman–Crippen LogP) is 1.93. The maximum atomic E-state index is 12.7. The molecular weight excluding hydrogens is 358 g/mol. The standard InChI is InChI=1S/C21H23N3O4/c1-23-8-4-6-17(23)18(24-9-11-27-12-10-24)14-22-20(25)16-13-15-5-2-3-7-19(15)28-21(16)26/h2-8,13,18H,9-12,14H2,1H3,(H,22,25)/t18-/m0/s1. The van der Waals surface area contributed by atoms with Gasteiger partial charge in [0, 0.05) is 44.0 Å². The fourth-order valence-electron chi connectivity index (χ4n) is 3.64. The zero-order valence-electron chi connectivity index (χ0n) is 15.8. The maximum absolute atomic E-state index is 12.7. The monoisotopic (exact) mass is 381 g/mol. The first kappa shape index (κ1) is 18.5. The summed E-state index contributed by atoms with van der Waals surface area (Å²) < 4.78 is 12.8. The largest absolute Gasteiger partial charge is 0.422 e. The molecule has 1 amide bonds. The summed E-state index contributed by atoms with van der Waals surface area (Å²) in [4.78, 5) is 27.3. The Hall–Kier alpha value is -2.90. The number of ether oxygens (including phenoxy) is 1. The van der Waals surface area contributed by atoms with E-state index in [0.717, 1.165) is 24.2 Å². The molecule has 1 aliphatic heterocycles. The van der Waals surface area contributed by atoms with Crippen LogP contribution in [0.15, 0.2) is 57.9 Å². The van der Waals surface area contributed by atoms with Gasteiger partial charge in [-0.1, -0.05) is 18.2 Å². The zero-order valence-corrected chi connectivity index (χ0v) is 15.8. The van der Waals surface area contributed by atoms with Crippen LogP contribution in [0.5, 0.6) is 0 Å². The molecule has 4 rings (SSSR count). The van der Waals surface area contributed by atoms with Crippen molar-refractivity contribution < 1.29 is 13.9 Å². The van der Waals surface area contributed by atoms with Crippen molar-refractivity contribution in [1.29, 1.82) is 0 Å². The molecule has 7 nitrogen and oxygen atoms in total. The summed E-state index contributed by atoms with van der Waals surface area (Å²) >= 11 is 0. The van der Waals surface area contributed by atoms with E-state index < -0.39 is 11.5 Å². The lowest BCUT2D eigenvalue weighted by Crippen LogP contribution is -2.44. The van der Waals surface area contributed by atoms with Gasteiger partial charge in [-0.25, -0.2) is 4.79 Å². The lowest BCUT2D eigenvalue weighted by Gasteiger charge is -2.34. The minimum absolute atomic E-state index is 0.000322. The lowest BCUT2D eigenvalue weighted by molar-refractivity contribution is 0.0148. The Morgan fingerprint density at radius 2 is 1.96 bits per heavy atom. The first-order chi connectivity index (χ1) is 13.6. The number of carbonyl (C=O) groups is 1. The van der Waals surface area contributed by atoms with Crippen LogP contribution in [0.1, 0.15) is 22.1 Å². The van der Waals surface area contributed by atoms with Gasteiger partial charge in [0.25, 0.3) is 5.91 Å². The summed E-state index contributed by atoms with van der Waals surface area (Å²) in [5.74, 6) is -0.424. The fraction of sp³-hybridized carbons (Fsp3) is 0.333. The van der Waals surface area contributed by atoms with Crippen LogP contribution in [-0.4, -0.2) is 48.2 Å². The Labute approximate surface area is 162 Å². The van der Waals surface area contributed by atoms with Crippen LogP contribution in [0.2, 0.25) is 0 Å². The van der Waals surface area contributed by atoms with Gasteiger partial charge < -0.3 is 19.0 Å². The molecule has 0 unspecified atom stereocenters. The number of hydrogen-bond donors (Lipinski definition) is 1. The van der Waals surface area contributed by atoms with Gasteiger partial charge in [0.15, 0.2) is 0 Å². The highest BCUT2D eigenvalue weighted by molar-refractivity contribution is 5.96. The second-order valence-electron chi connectivity index (χ2n) is 6.90. The molecule has 0 radical (unpaired) electrons. The molecule has 28 heavy (non-hydrogen) atoms. The number of carbonyl (C=O) groups excluding carboxylic acids is 1. The van der Waals surface area contributed by atoms with E-state index >= 15 is 0 Å². The third kappa shape index (κ3) is 3.72. The van der Waals surface area contributed by atoms with Gasteiger partial charge in [0.2, 0.25) is 0 Å². The van der Waals surface area contributed by atoms with E-state index in [2.05, 4.69) is 20.9 Å². The Balaban J connectivity index is 1.55. The molecule has 1 aromatic carbocycles. The molecule has 0 spiro atoms. The number of aromatic nitrogens is 1. The van der Waals surface area contributed by atoms with Gasteiger partial charge in [-0.15, -0.1) is 0 Å². The summed E-state index contributed by atoms with van der Waals surface area (Å²) in [6, 6.07) is 12.8. The highest BCUT2D eigenvalue weighted by Gasteiger charge is 2.25. The molecule has 1 atom stereocenters. The van der Waals surface area contributed by atoms with E-state index in [1.807, 2.05) is 31.4 Å². The van der Waals surface area contributed by atoms with Crippen molar-refractivity contribution in [3.05, 3.63) is 70.3 Å². The van der Waals surface area contributed by atoms with Crippen molar-refractivity contribution in [2.45, 2.75) is 6.04 Å². The van der Waals surface area contributed by atoms with Crippen molar-refractivity contribution in [3.8, 4) is 0 Å². The second kappa shape index (κ2) is 8.00. The molecular formula is C21H23N3O4. The lowest BCUT2D eigenvalue weighted by atomic mass is 10.1. The molecule has 0 bridgehead atoms. The Morgan fingerprint density at radius 1 is 1.18 bits per heavy atom. The molecule has 0 aliphatic carbocycles. The highest BCUT2D eigenvalue weighted by Crippen LogP contribution is 2.21. The van der Waals surface area contributed by atoms with Crippen molar-refractivity contribution in [3.63, 3.8) is 0 Å². The van der Waals surface area contributed by atoms with Crippen molar-refractivity contribution >= 4 is 16.9 Å². The number of nitrogens with one attached hydrogen (secondary N) is 1. The van der Waals surface area contributed by atoms with Crippen LogP contribution in [0.3, 0.4) is 0 Å². The van der Waals surface area contributed by atoms with Gasteiger partial charge in [-0.3, -0.25) is 9.69 Å². The third-order valence-electron chi connectivity index (χ3n) is 5.15. The van der Waals surface area contributed by atoms with E-state index in [1.54, 1.807) is 18.2 Å². The summed E-state index contributed by atoms with van der Waals surface area (Å²) in [6.45, 7) is 3.32. The SMILES string of the molecule is Cn1cccc1[C@H](CNC(=O)c1cc2ccccc2oc1=O)N1CCOCC1. The topological polar surface area (TPSA) is 76.7 Å². The Kier molecular flexibility index (Phi) is 5.27. The molecule has 1 saturated heterocycles. The van der Waals surface area contributed by atoms with Gasteiger partial charge in [-0.05, 0) is 24.3 Å². The van der Waals surface area contributed by atoms with Crippen molar-refractivity contribution in [2.24, 2.45) is 7.05 Å². The molecule has 3 aromatic rings. The Bertz CT molecular complexity index is 1030. The number of morpholine rings is 1. The summed E-state index contributed by atoms with van der Waals surface area (Å²) in [7, 11) is 1.99. The van der Waals surface area contributed by atoms with Crippen molar-refractivity contribution in [2.75, 3.05) is 32.8 Å². The number of benzene rings is 1. The van der Waals surface area contributed by atoms with Crippen LogP contribution < -0.4 is 10.9 Å². The zero-order chi connectivity index (χ0) is 19.5.